The molecule has 0 spiro atoms. The number of nitrogens with one attached hydrogen (secondary N) is 2. The lowest BCUT2D eigenvalue weighted by atomic mass is 10.1. The van der Waals surface area contributed by atoms with E-state index in [0.717, 1.165) is 17.0 Å². The summed E-state index contributed by atoms with van der Waals surface area (Å²) in [5.74, 6) is 0. The van der Waals surface area contributed by atoms with Crippen molar-refractivity contribution in [1.82, 2.24) is 10.3 Å². The normalized spacial score (nSPS) is 12.6. The highest BCUT2D eigenvalue weighted by atomic mass is 35.5. The summed E-state index contributed by atoms with van der Waals surface area (Å²) in [7, 11) is 0. The maximum Gasteiger partial charge on any atom is 0.304 e. The van der Waals surface area contributed by atoms with Crippen molar-refractivity contribution >= 4 is 22.9 Å². The molecular formula is C12H13ClN2O2S. The van der Waals surface area contributed by atoms with Crippen molar-refractivity contribution in [3.8, 4) is 0 Å². The lowest BCUT2D eigenvalue weighted by Gasteiger charge is -2.13. The molecule has 0 bridgehead atoms. The molecule has 2 aromatic rings. The summed E-state index contributed by atoms with van der Waals surface area (Å²) in [5, 5.41) is 15.3. The van der Waals surface area contributed by atoms with Gasteiger partial charge in [0, 0.05) is 34.7 Å². The van der Waals surface area contributed by atoms with Crippen LogP contribution in [0.25, 0.3) is 0 Å². The number of aliphatic hydroxyl groups excluding tert-OH is 1. The Morgan fingerprint density at radius 1 is 1.44 bits per heavy atom. The molecule has 2 rings (SSSR count). The van der Waals surface area contributed by atoms with E-state index in [1.165, 1.54) is 0 Å². The van der Waals surface area contributed by atoms with Crippen LogP contribution in [0.2, 0.25) is 5.02 Å². The molecule has 0 aliphatic carbocycles. The number of aromatic amines is 1. The van der Waals surface area contributed by atoms with Crippen LogP contribution in [0.15, 0.2) is 34.4 Å². The Morgan fingerprint density at radius 3 is 2.89 bits per heavy atom. The summed E-state index contributed by atoms with van der Waals surface area (Å²) in [6.07, 6.45) is -0.663. The minimum Gasteiger partial charge on any atom is -0.387 e. The third-order valence-electron chi connectivity index (χ3n) is 2.49. The van der Waals surface area contributed by atoms with Crippen molar-refractivity contribution in [3.05, 3.63) is 55.6 Å². The van der Waals surface area contributed by atoms with E-state index in [1.807, 2.05) is 12.1 Å². The van der Waals surface area contributed by atoms with E-state index in [0.29, 0.717) is 23.7 Å². The van der Waals surface area contributed by atoms with Crippen LogP contribution < -0.4 is 10.2 Å². The van der Waals surface area contributed by atoms with E-state index in [-0.39, 0.29) is 4.87 Å². The number of aliphatic hydroxyl groups is 1. The summed E-state index contributed by atoms with van der Waals surface area (Å²) >= 11 is 7.11. The molecule has 18 heavy (non-hydrogen) atoms. The Bertz CT molecular complexity index is 567. The number of thiazole rings is 1. The van der Waals surface area contributed by atoms with Crippen LogP contribution in [0.1, 0.15) is 17.4 Å². The Labute approximate surface area is 113 Å². The van der Waals surface area contributed by atoms with Gasteiger partial charge in [-0.3, -0.25) is 4.79 Å². The summed E-state index contributed by atoms with van der Waals surface area (Å²) in [6, 6.07) is 7.19. The standard InChI is InChI=1S/C12H13ClN2O2S/c13-10-4-2-1-3-9(10)11(16)6-14-5-8-7-18-12(17)15-8/h1-4,7,11,14,16H,5-6H2,(H,15,17). The summed E-state index contributed by atoms with van der Waals surface area (Å²) in [5.41, 5.74) is 1.52. The average molecular weight is 285 g/mol. The number of rotatable bonds is 5. The summed E-state index contributed by atoms with van der Waals surface area (Å²) < 4.78 is 0. The average Bonchev–Trinajstić information content (AvgIpc) is 2.75. The minimum atomic E-state index is -0.663. The van der Waals surface area contributed by atoms with Crippen LogP contribution in [0.3, 0.4) is 0 Å². The van der Waals surface area contributed by atoms with E-state index in [1.54, 1.807) is 17.5 Å². The number of benzene rings is 1. The van der Waals surface area contributed by atoms with Gasteiger partial charge in [0.15, 0.2) is 0 Å². The molecule has 0 saturated heterocycles. The van der Waals surface area contributed by atoms with Crippen molar-refractivity contribution in [1.29, 1.82) is 0 Å². The second-order valence-electron chi connectivity index (χ2n) is 3.84. The van der Waals surface area contributed by atoms with E-state index in [4.69, 9.17) is 11.6 Å². The van der Waals surface area contributed by atoms with E-state index in [9.17, 15) is 9.90 Å². The summed E-state index contributed by atoms with van der Waals surface area (Å²) in [6.45, 7) is 0.891. The van der Waals surface area contributed by atoms with Gasteiger partial charge >= 0.3 is 4.87 Å². The molecule has 96 valence electrons. The first-order valence-electron chi connectivity index (χ1n) is 5.46. The molecule has 0 fully saturated rings. The Balaban J connectivity index is 1.87. The van der Waals surface area contributed by atoms with Crippen molar-refractivity contribution < 1.29 is 5.11 Å². The Hall–Kier alpha value is -1.14. The first-order chi connectivity index (χ1) is 8.66. The van der Waals surface area contributed by atoms with E-state index >= 15 is 0 Å². The molecule has 1 aromatic carbocycles. The molecule has 1 unspecified atom stereocenters. The largest absolute Gasteiger partial charge is 0.387 e. The Kier molecular flexibility index (Phi) is 4.54. The highest BCUT2D eigenvalue weighted by molar-refractivity contribution is 7.07. The third-order valence-corrected chi connectivity index (χ3v) is 3.55. The molecular weight excluding hydrogens is 272 g/mol. The van der Waals surface area contributed by atoms with Gasteiger partial charge in [0.25, 0.3) is 0 Å². The number of halogens is 1. The number of hydrogen-bond donors (Lipinski definition) is 3. The van der Waals surface area contributed by atoms with Crippen LogP contribution in [-0.2, 0) is 6.54 Å². The van der Waals surface area contributed by atoms with Crippen molar-refractivity contribution in [2.45, 2.75) is 12.6 Å². The first kappa shape index (κ1) is 13.3. The fourth-order valence-electron chi connectivity index (χ4n) is 1.60. The van der Waals surface area contributed by atoms with Gasteiger partial charge in [0.2, 0.25) is 0 Å². The maximum atomic E-state index is 10.9. The van der Waals surface area contributed by atoms with Gasteiger partial charge in [-0.2, -0.15) is 0 Å². The molecule has 1 heterocycles. The van der Waals surface area contributed by atoms with Crippen LogP contribution >= 0.6 is 22.9 Å². The zero-order chi connectivity index (χ0) is 13.0. The second kappa shape index (κ2) is 6.15. The number of H-pyrrole nitrogens is 1. The van der Waals surface area contributed by atoms with Gasteiger partial charge in [-0.05, 0) is 6.07 Å². The molecule has 0 amide bonds. The molecule has 3 N–H and O–H groups in total. The molecule has 0 radical (unpaired) electrons. The van der Waals surface area contributed by atoms with Crippen molar-refractivity contribution in [2.75, 3.05) is 6.54 Å². The first-order valence-corrected chi connectivity index (χ1v) is 6.72. The molecule has 0 aliphatic heterocycles. The third kappa shape index (κ3) is 3.43. The number of hydrogen-bond acceptors (Lipinski definition) is 4. The van der Waals surface area contributed by atoms with Gasteiger partial charge in [-0.1, -0.05) is 41.1 Å². The highest BCUT2D eigenvalue weighted by Crippen LogP contribution is 2.21. The van der Waals surface area contributed by atoms with Gasteiger partial charge < -0.3 is 15.4 Å². The zero-order valence-corrected chi connectivity index (χ0v) is 11.1. The van der Waals surface area contributed by atoms with Crippen LogP contribution in [-0.4, -0.2) is 16.6 Å². The SMILES string of the molecule is O=c1[nH]c(CNCC(O)c2ccccc2Cl)cs1. The Morgan fingerprint density at radius 2 is 2.22 bits per heavy atom. The van der Waals surface area contributed by atoms with Crippen LogP contribution in [0.5, 0.6) is 0 Å². The van der Waals surface area contributed by atoms with Gasteiger partial charge in [-0.15, -0.1) is 0 Å². The minimum absolute atomic E-state index is 0.0709. The predicted octanol–water partition coefficient (Wildman–Crippen LogP) is 1.91. The maximum absolute atomic E-state index is 10.9. The van der Waals surface area contributed by atoms with Crippen LogP contribution in [0.4, 0.5) is 0 Å². The lowest BCUT2D eigenvalue weighted by molar-refractivity contribution is 0.174. The molecule has 0 aliphatic rings. The topological polar surface area (TPSA) is 65.1 Å². The van der Waals surface area contributed by atoms with Crippen molar-refractivity contribution in [3.63, 3.8) is 0 Å². The summed E-state index contributed by atoms with van der Waals surface area (Å²) in [4.78, 5) is 13.5. The molecule has 4 nitrogen and oxygen atoms in total. The molecule has 1 atom stereocenters. The molecule has 1 aromatic heterocycles. The quantitative estimate of drug-likeness (QED) is 0.786. The van der Waals surface area contributed by atoms with Gasteiger partial charge in [0.05, 0.1) is 6.10 Å². The highest BCUT2D eigenvalue weighted by Gasteiger charge is 2.10. The van der Waals surface area contributed by atoms with Crippen LogP contribution in [0, 0.1) is 0 Å². The monoisotopic (exact) mass is 284 g/mol. The van der Waals surface area contributed by atoms with Crippen molar-refractivity contribution in [2.24, 2.45) is 0 Å². The smallest absolute Gasteiger partial charge is 0.304 e. The molecule has 0 saturated carbocycles. The lowest BCUT2D eigenvalue weighted by Crippen LogP contribution is -2.21. The number of aromatic nitrogens is 1. The second-order valence-corrected chi connectivity index (χ2v) is 5.09. The zero-order valence-electron chi connectivity index (χ0n) is 9.52. The van der Waals surface area contributed by atoms with E-state index < -0.39 is 6.10 Å². The van der Waals surface area contributed by atoms with E-state index in [2.05, 4.69) is 10.3 Å². The fourth-order valence-corrected chi connectivity index (χ4v) is 2.44. The van der Waals surface area contributed by atoms with Gasteiger partial charge in [-0.25, -0.2) is 0 Å². The predicted molar refractivity (Wildman–Crippen MR) is 73.1 cm³/mol. The van der Waals surface area contributed by atoms with Gasteiger partial charge in [0.1, 0.15) is 0 Å². The molecule has 6 heteroatoms. The fraction of sp³-hybridized carbons (Fsp3) is 0.250.